The number of hydrogen-bond acceptors (Lipinski definition) is 3. The third-order valence-corrected chi connectivity index (χ3v) is 4.41. The second-order valence-corrected chi connectivity index (χ2v) is 6.94. The van der Waals surface area contributed by atoms with Gasteiger partial charge in [0.2, 0.25) is 15.9 Å². The van der Waals surface area contributed by atoms with Gasteiger partial charge in [0.25, 0.3) is 0 Å². The Labute approximate surface area is 119 Å². The highest BCUT2D eigenvalue weighted by Gasteiger charge is 2.33. The molecule has 5 nitrogen and oxygen atoms in total. The lowest BCUT2D eigenvalue weighted by Gasteiger charge is -2.20. The number of carbonyl (C=O) groups excluding carboxylic acids is 1. The van der Waals surface area contributed by atoms with Crippen molar-refractivity contribution in [3.8, 4) is 0 Å². The number of nitrogens with zero attached hydrogens (tertiary/aromatic N) is 1. The summed E-state index contributed by atoms with van der Waals surface area (Å²) in [5.74, 6) is -0.375. The van der Waals surface area contributed by atoms with E-state index in [-0.39, 0.29) is 24.0 Å². The second kappa shape index (κ2) is 5.93. The molecule has 1 aliphatic rings. The molecule has 1 aromatic rings. The number of amides is 1. The van der Waals surface area contributed by atoms with Gasteiger partial charge in [0.05, 0.1) is 5.75 Å². The van der Waals surface area contributed by atoms with Crippen molar-refractivity contribution in [2.75, 3.05) is 17.2 Å². The zero-order valence-corrected chi connectivity index (χ0v) is 12.4. The zero-order valence-electron chi connectivity index (χ0n) is 11.6. The second-order valence-electron chi connectivity index (χ2n) is 5.28. The van der Waals surface area contributed by atoms with Gasteiger partial charge in [-0.05, 0) is 18.1 Å². The predicted octanol–water partition coefficient (Wildman–Crippen LogP) is 1.28. The van der Waals surface area contributed by atoms with E-state index in [1.807, 2.05) is 24.3 Å². The van der Waals surface area contributed by atoms with Crippen LogP contribution in [0.4, 0.5) is 5.69 Å². The highest BCUT2D eigenvalue weighted by atomic mass is 32.2. The lowest BCUT2D eigenvalue weighted by Crippen LogP contribution is -2.28. The van der Waals surface area contributed by atoms with Crippen LogP contribution in [0.2, 0.25) is 0 Å². The summed E-state index contributed by atoms with van der Waals surface area (Å²) in [6, 6.07) is 7.78. The van der Waals surface area contributed by atoms with Crippen LogP contribution in [0.15, 0.2) is 24.3 Å². The molecule has 20 heavy (non-hydrogen) atoms. The Bertz CT molecular complexity index is 598. The van der Waals surface area contributed by atoms with Crippen molar-refractivity contribution >= 4 is 21.6 Å². The number of carbonyl (C=O) groups is 1. The van der Waals surface area contributed by atoms with Crippen molar-refractivity contribution in [1.29, 1.82) is 0 Å². The first-order chi connectivity index (χ1) is 9.40. The molecule has 1 aliphatic heterocycles. The summed E-state index contributed by atoms with van der Waals surface area (Å²) >= 11 is 0. The van der Waals surface area contributed by atoms with E-state index in [0.29, 0.717) is 6.54 Å². The summed E-state index contributed by atoms with van der Waals surface area (Å²) in [5, 5.41) is 5.06. The average molecular weight is 296 g/mol. The third-order valence-electron chi connectivity index (χ3n) is 3.47. The smallest absolute Gasteiger partial charge is 0.227 e. The highest BCUT2D eigenvalue weighted by molar-refractivity contribution is 7.89. The van der Waals surface area contributed by atoms with Crippen molar-refractivity contribution in [3.05, 3.63) is 29.8 Å². The van der Waals surface area contributed by atoms with Gasteiger partial charge in [-0.25, -0.2) is 13.6 Å². The molecule has 1 aromatic carbocycles. The van der Waals surface area contributed by atoms with Crippen LogP contribution < -0.4 is 10.0 Å². The van der Waals surface area contributed by atoms with Gasteiger partial charge >= 0.3 is 0 Å². The average Bonchev–Trinajstić information content (AvgIpc) is 2.69. The summed E-state index contributed by atoms with van der Waals surface area (Å²) in [5.41, 5.74) is 2.02. The largest absolute Gasteiger partial charge is 0.312 e. The van der Waals surface area contributed by atoms with Crippen LogP contribution in [0.25, 0.3) is 0 Å². The van der Waals surface area contributed by atoms with Gasteiger partial charge in [-0.1, -0.05) is 31.5 Å². The van der Waals surface area contributed by atoms with E-state index in [0.717, 1.165) is 24.1 Å². The Morgan fingerprint density at radius 3 is 2.70 bits per heavy atom. The van der Waals surface area contributed by atoms with Crippen LogP contribution in [0.5, 0.6) is 0 Å². The molecule has 0 aromatic heterocycles. The van der Waals surface area contributed by atoms with Gasteiger partial charge < -0.3 is 4.90 Å². The van der Waals surface area contributed by atoms with E-state index in [1.165, 1.54) is 0 Å². The maximum atomic E-state index is 12.1. The monoisotopic (exact) mass is 296 g/mol. The minimum atomic E-state index is -3.54. The van der Waals surface area contributed by atoms with Crippen molar-refractivity contribution in [3.63, 3.8) is 0 Å². The Morgan fingerprint density at radius 1 is 1.35 bits per heavy atom. The van der Waals surface area contributed by atoms with Crippen LogP contribution in [-0.2, 0) is 21.2 Å². The Kier molecular flexibility index (Phi) is 4.45. The Hall–Kier alpha value is -1.40. The van der Waals surface area contributed by atoms with Crippen molar-refractivity contribution in [2.24, 2.45) is 11.1 Å². The molecule has 1 amide bonds. The minimum Gasteiger partial charge on any atom is -0.312 e. The fourth-order valence-electron chi connectivity index (χ4n) is 2.71. The fourth-order valence-corrected chi connectivity index (χ4v) is 3.59. The van der Waals surface area contributed by atoms with Gasteiger partial charge in [-0.2, -0.15) is 0 Å². The molecule has 2 N–H and O–H groups in total. The molecule has 1 unspecified atom stereocenters. The summed E-state index contributed by atoms with van der Waals surface area (Å²) in [7, 11) is -3.54. The molecule has 0 aliphatic carbocycles. The molecule has 110 valence electrons. The van der Waals surface area contributed by atoms with Crippen LogP contribution in [0, 0.1) is 5.92 Å². The standard InChI is InChI=1S/C14H20N2O3S/c1-2-5-12-6-3-4-7-13(12)16-9-11(8-14(16)17)10-20(15,18)19/h3-4,6-7,11H,2,5,8-10H2,1H3,(H2,15,18,19). The maximum Gasteiger partial charge on any atom is 0.227 e. The van der Waals surface area contributed by atoms with Gasteiger partial charge in [-0.3, -0.25) is 4.79 Å². The Morgan fingerprint density at radius 2 is 2.05 bits per heavy atom. The zero-order chi connectivity index (χ0) is 14.8. The summed E-state index contributed by atoms with van der Waals surface area (Å²) in [4.78, 5) is 13.8. The van der Waals surface area contributed by atoms with E-state index in [9.17, 15) is 13.2 Å². The third kappa shape index (κ3) is 3.58. The van der Waals surface area contributed by atoms with Crippen LogP contribution in [0.1, 0.15) is 25.3 Å². The molecular weight excluding hydrogens is 276 g/mol. The Balaban J connectivity index is 2.20. The van der Waals surface area contributed by atoms with Crippen LogP contribution in [-0.4, -0.2) is 26.6 Å². The van der Waals surface area contributed by atoms with E-state index in [1.54, 1.807) is 4.90 Å². The highest BCUT2D eigenvalue weighted by Crippen LogP contribution is 2.29. The minimum absolute atomic E-state index is 0.0257. The number of benzene rings is 1. The molecule has 1 atom stereocenters. The van der Waals surface area contributed by atoms with Crippen molar-refractivity contribution in [2.45, 2.75) is 26.2 Å². The number of hydrogen-bond donors (Lipinski definition) is 1. The first-order valence-electron chi connectivity index (χ1n) is 6.79. The fraction of sp³-hybridized carbons (Fsp3) is 0.500. The first-order valence-corrected chi connectivity index (χ1v) is 8.51. The molecule has 1 saturated heterocycles. The summed E-state index contributed by atoms with van der Waals surface area (Å²) in [6.45, 7) is 2.52. The number of nitrogens with two attached hydrogens (primary N) is 1. The first kappa shape index (κ1) is 15.0. The van der Waals surface area contributed by atoms with E-state index < -0.39 is 10.0 Å². The van der Waals surface area contributed by atoms with E-state index in [4.69, 9.17) is 5.14 Å². The maximum absolute atomic E-state index is 12.1. The predicted molar refractivity (Wildman–Crippen MR) is 78.9 cm³/mol. The topological polar surface area (TPSA) is 80.5 Å². The van der Waals surface area contributed by atoms with Gasteiger partial charge in [0.1, 0.15) is 0 Å². The lowest BCUT2D eigenvalue weighted by atomic mass is 10.1. The van der Waals surface area contributed by atoms with E-state index in [2.05, 4.69) is 6.92 Å². The number of rotatable bonds is 5. The van der Waals surface area contributed by atoms with Gasteiger partial charge in [-0.15, -0.1) is 0 Å². The van der Waals surface area contributed by atoms with Crippen molar-refractivity contribution in [1.82, 2.24) is 0 Å². The molecule has 1 heterocycles. The van der Waals surface area contributed by atoms with Crippen LogP contribution in [0.3, 0.4) is 0 Å². The molecule has 0 bridgehead atoms. The number of aryl methyl sites for hydroxylation is 1. The molecule has 6 heteroatoms. The number of anilines is 1. The SMILES string of the molecule is CCCc1ccccc1N1CC(CS(N)(=O)=O)CC1=O. The number of para-hydroxylation sites is 1. The van der Waals surface area contributed by atoms with Gasteiger partial charge in [0.15, 0.2) is 0 Å². The van der Waals surface area contributed by atoms with Gasteiger partial charge in [0, 0.05) is 24.6 Å². The molecule has 1 fully saturated rings. The molecule has 2 rings (SSSR count). The number of primary sulfonamides is 1. The molecular formula is C14H20N2O3S. The molecule has 0 spiro atoms. The number of sulfonamides is 1. The molecule has 0 radical (unpaired) electrons. The van der Waals surface area contributed by atoms with E-state index >= 15 is 0 Å². The van der Waals surface area contributed by atoms with Crippen LogP contribution >= 0.6 is 0 Å². The normalized spacial score (nSPS) is 19.6. The summed E-state index contributed by atoms with van der Waals surface area (Å²) < 4.78 is 22.3. The quantitative estimate of drug-likeness (QED) is 0.888. The lowest BCUT2D eigenvalue weighted by molar-refractivity contribution is -0.117. The van der Waals surface area contributed by atoms with Crippen molar-refractivity contribution < 1.29 is 13.2 Å². The summed E-state index contributed by atoms with van der Waals surface area (Å²) in [6.07, 6.45) is 2.15. The molecule has 0 saturated carbocycles.